The van der Waals surface area contributed by atoms with E-state index in [4.69, 9.17) is 5.14 Å². The van der Waals surface area contributed by atoms with Gasteiger partial charge in [0.25, 0.3) is 0 Å². The van der Waals surface area contributed by atoms with Crippen LogP contribution in [0, 0.1) is 0 Å². The van der Waals surface area contributed by atoms with Crippen molar-refractivity contribution in [2.45, 2.75) is 24.4 Å². The van der Waals surface area contributed by atoms with Crippen LogP contribution in [-0.4, -0.2) is 26.6 Å². The Bertz CT molecular complexity index is 682. The quantitative estimate of drug-likeness (QED) is 0.845. The monoisotopic (exact) mass is 336 g/mol. The highest BCUT2D eigenvalue weighted by Gasteiger charge is 2.51. The molecule has 1 fully saturated rings. The number of nitrogens with one attached hydrogen (secondary N) is 1. The van der Waals surface area contributed by atoms with E-state index in [1.807, 2.05) is 0 Å². The van der Waals surface area contributed by atoms with E-state index in [1.165, 1.54) is 12.1 Å². The summed E-state index contributed by atoms with van der Waals surface area (Å²) in [6.07, 6.45) is -3.62. The number of primary sulfonamides is 1. The molecule has 0 aromatic heterocycles. The zero-order valence-electron chi connectivity index (χ0n) is 11.5. The topological polar surface area (TPSA) is 89.3 Å². The van der Waals surface area contributed by atoms with Crippen molar-refractivity contribution in [3.8, 4) is 0 Å². The Balaban J connectivity index is 2.12. The summed E-state index contributed by atoms with van der Waals surface area (Å²) in [4.78, 5) is 12.1. The molecule has 0 saturated heterocycles. The van der Waals surface area contributed by atoms with Crippen molar-refractivity contribution < 1.29 is 26.4 Å². The third-order valence-electron chi connectivity index (χ3n) is 3.60. The molecule has 1 amide bonds. The molecule has 0 atom stereocenters. The minimum absolute atomic E-state index is 0.168. The predicted octanol–water partition coefficient (Wildman–Crippen LogP) is 1.14. The van der Waals surface area contributed by atoms with Crippen LogP contribution in [0.3, 0.4) is 0 Å². The van der Waals surface area contributed by atoms with Gasteiger partial charge in [-0.2, -0.15) is 13.2 Å². The van der Waals surface area contributed by atoms with E-state index >= 15 is 0 Å². The van der Waals surface area contributed by atoms with E-state index in [2.05, 4.69) is 5.32 Å². The number of nitrogens with two attached hydrogens (primary N) is 1. The number of hydrogen-bond donors (Lipinski definition) is 2. The molecule has 1 aromatic carbocycles. The van der Waals surface area contributed by atoms with Gasteiger partial charge in [-0.05, 0) is 24.5 Å². The fourth-order valence-electron chi connectivity index (χ4n) is 2.24. The molecule has 0 radical (unpaired) electrons. The van der Waals surface area contributed by atoms with Gasteiger partial charge < -0.3 is 5.32 Å². The Morgan fingerprint density at radius 3 is 2.45 bits per heavy atom. The lowest BCUT2D eigenvalue weighted by molar-refractivity contribution is -0.137. The van der Waals surface area contributed by atoms with E-state index in [1.54, 1.807) is 0 Å². The van der Waals surface area contributed by atoms with E-state index in [9.17, 15) is 26.4 Å². The first-order valence-corrected chi connectivity index (χ1v) is 8.23. The Morgan fingerprint density at radius 2 is 1.95 bits per heavy atom. The molecule has 1 aliphatic rings. The standard InChI is InChI=1S/C13H15F3N2O3S/c14-13(15,16)10-3-1-2-9(8-10)12(4-5-12)11(19)18-6-7-22(17,20)21/h1-3,8H,4-7H2,(H,18,19)(H2,17,20,21). The fraction of sp³-hybridized carbons (Fsp3) is 0.462. The van der Waals surface area contributed by atoms with E-state index < -0.39 is 38.8 Å². The summed E-state index contributed by atoms with van der Waals surface area (Å²) in [5.41, 5.74) is -1.52. The first kappa shape index (κ1) is 16.8. The highest BCUT2D eigenvalue weighted by atomic mass is 32.2. The summed E-state index contributed by atoms with van der Waals surface area (Å²) in [5, 5.41) is 7.24. The summed E-state index contributed by atoms with van der Waals surface area (Å²) in [7, 11) is -3.70. The van der Waals surface area contributed by atoms with Crippen LogP contribution in [0.4, 0.5) is 13.2 Å². The molecule has 1 aliphatic carbocycles. The second kappa shape index (κ2) is 5.54. The lowest BCUT2D eigenvalue weighted by atomic mass is 9.93. The summed E-state index contributed by atoms with van der Waals surface area (Å²) < 4.78 is 59.8. The molecule has 9 heteroatoms. The van der Waals surface area contributed by atoms with Crippen molar-refractivity contribution in [2.24, 2.45) is 5.14 Å². The number of carbonyl (C=O) groups excluding carboxylic acids is 1. The average molecular weight is 336 g/mol. The molecular weight excluding hydrogens is 321 g/mol. The van der Waals surface area contributed by atoms with Gasteiger partial charge in [0.15, 0.2) is 0 Å². The van der Waals surface area contributed by atoms with Gasteiger partial charge in [0.1, 0.15) is 0 Å². The summed E-state index contributed by atoms with van der Waals surface area (Å²) in [6, 6.07) is 4.64. The maximum absolute atomic E-state index is 12.7. The summed E-state index contributed by atoms with van der Waals surface area (Å²) in [5.74, 6) is -0.896. The highest BCUT2D eigenvalue weighted by molar-refractivity contribution is 7.89. The molecule has 0 unspecified atom stereocenters. The van der Waals surface area contributed by atoms with Gasteiger partial charge in [-0.25, -0.2) is 13.6 Å². The van der Waals surface area contributed by atoms with Gasteiger partial charge in [-0.3, -0.25) is 4.79 Å². The Kier molecular flexibility index (Phi) is 4.22. The van der Waals surface area contributed by atoms with E-state index in [-0.39, 0.29) is 12.1 Å². The number of carbonyl (C=O) groups is 1. The minimum Gasteiger partial charge on any atom is -0.354 e. The molecule has 5 nitrogen and oxygen atoms in total. The smallest absolute Gasteiger partial charge is 0.354 e. The third-order valence-corrected chi connectivity index (χ3v) is 4.37. The lowest BCUT2D eigenvalue weighted by Crippen LogP contribution is -2.38. The highest BCUT2D eigenvalue weighted by Crippen LogP contribution is 2.49. The SMILES string of the molecule is NS(=O)(=O)CCNC(=O)C1(c2cccc(C(F)(F)F)c2)CC1. The number of alkyl halides is 3. The lowest BCUT2D eigenvalue weighted by Gasteiger charge is -2.17. The normalized spacial score (nSPS) is 17.1. The molecule has 2 rings (SSSR count). The zero-order valence-corrected chi connectivity index (χ0v) is 12.3. The number of sulfonamides is 1. The predicted molar refractivity (Wildman–Crippen MR) is 73.3 cm³/mol. The molecule has 0 bridgehead atoms. The van der Waals surface area contributed by atoms with Gasteiger partial charge in [0.05, 0.1) is 16.7 Å². The first-order valence-electron chi connectivity index (χ1n) is 6.51. The molecule has 22 heavy (non-hydrogen) atoms. The van der Waals surface area contributed by atoms with Crippen LogP contribution >= 0.6 is 0 Å². The van der Waals surface area contributed by atoms with E-state index in [0.717, 1.165) is 12.1 Å². The molecule has 122 valence electrons. The van der Waals surface area contributed by atoms with Gasteiger partial charge in [-0.1, -0.05) is 18.2 Å². The maximum Gasteiger partial charge on any atom is 0.416 e. The Labute approximate surface area is 125 Å². The van der Waals surface area contributed by atoms with Crippen molar-refractivity contribution in [3.05, 3.63) is 35.4 Å². The maximum atomic E-state index is 12.7. The van der Waals surface area contributed by atoms with Crippen LogP contribution in [0.5, 0.6) is 0 Å². The molecule has 1 saturated carbocycles. The van der Waals surface area contributed by atoms with Crippen LogP contribution in [0.1, 0.15) is 24.0 Å². The van der Waals surface area contributed by atoms with Gasteiger partial charge >= 0.3 is 6.18 Å². The molecule has 3 N–H and O–H groups in total. The second-order valence-corrected chi connectivity index (χ2v) is 7.02. The Hall–Kier alpha value is -1.61. The summed E-state index contributed by atoms with van der Waals surface area (Å²) >= 11 is 0. The third kappa shape index (κ3) is 3.77. The van der Waals surface area contributed by atoms with Crippen LogP contribution in [0.15, 0.2) is 24.3 Å². The van der Waals surface area contributed by atoms with Crippen LogP contribution in [0.25, 0.3) is 0 Å². The number of rotatable bonds is 5. The molecular formula is C13H15F3N2O3S. The van der Waals surface area contributed by atoms with Crippen molar-refractivity contribution in [3.63, 3.8) is 0 Å². The first-order chi connectivity index (χ1) is 10.0. The van der Waals surface area contributed by atoms with Gasteiger partial charge in [0.2, 0.25) is 15.9 Å². The van der Waals surface area contributed by atoms with Crippen LogP contribution in [0.2, 0.25) is 0 Å². The fourth-order valence-corrected chi connectivity index (χ4v) is 2.63. The van der Waals surface area contributed by atoms with Gasteiger partial charge in [-0.15, -0.1) is 0 Å². The Morgan fingerprint density at radius 1 is 1.32 bits per heavy atom. The number of halogens is 3. The number of amides is 1. The van der Waals surface area contributed by atoms with Crippen molar-refractivity contribution in [1.82, 2.24) is 5.32 Å². The van der Waals surface area contributed by atoms with Crippen molar-refractivity contribution >= 4 is 15.9 Å². The van der Waals surface area contributed by atoms with E-state index in [0.29, 0.717) is 12.8 Å². The molecule has 0 aliphatic heterocycles. The molecule has 0 heterocycles. The number of benzene rings is 1. The van der Waals surface area contributed by atoms with Crippen LogP contribution < -0.4 is 10.5 Å². The van der Waals surface area contributed by atoms with Crippen LogP contribution in [-0.2, 0) is 26.4 Å². The molecule has 0 spiro atoms. The summed E-state index contributed by atoms with van der Waals surface area (Å²) in [6.45, 7) is -0.168. The zero-order chi connectivity index (χ0) is 16.6. The van der Waals surface area contributed by atoms with Gasteiger partial charge in [0, 0.05) is 6.54 Å². The minimum atomic E-state index is -4.48. The number of hydrogen-bond acceptors (Lipinski definition) is 3. The van der Waals surface area contributed by atoms with Crippen molar-refractivity contribution in [2.75, 3.05) is 12.3 Å². The van der Waals surface area contributed by atoms with Crippen molar-refractivity contribution in [1.29, 1.82) is 0 Å². The average Bonchev–Trinajstić information content (AvgIpc) is 3.17. The molecule has 1 aromatic rings. The second-order valence-electron chi connectivity index (χ2n) is 5.28. The largest absolute Gasteiger partial charge is 0.416 e.